The molecule has 0 aromatic carbocycles. The van der Waals surface area contributed by atoms with Crippen molar-refractivity contribution in [1.82, 2.24) is 9.78 Å². The standard InChI is InChI=1S/C13H21ClN2O4S/c1-3-10-13(21(14,19)20)11(4-2)16(15-10)9-7-5-6-8-12(17)18/h3-9H2,1-2H3,(H,17,18). The molecule has 0 saturated heterocycles. The lowest BCUT2D eigenvalue weighted by atomic mass is 10.2. The van der Waals surface area contributed by atoms with Crippen LogP contribution in [0.1, 0.15) is 50.9 Å². The van der Waals surface area contributed by atoms with Gasteiger partial charge in [-0.05, 0) is 25.7 Å². The summed E-state index contributed by atoms with van der Waals surface area (Å²) in [5.41, 5.74) is 1.12. The highest BCUT2D eigenvalue weighted by atomic mass is 35.7. The first-order valence-corrected chi connectivity index (χ1v) is 9.37. The van der Waals surface area contributed by atoms with E-state index in [1.165, 1.54) is 0 Å². The smallest absolute Gasteiger partial charge is 0.303 e. The zero-order valence-electron chi connectivity index (χ0n) is 12.3. The van der Waals surface area contributed by atoms with Crippen LogP contribution in [-0.4, -0.2) is 29.3 Å². The monoisotopic (exact) mass is 336 g/mol. The van der Waals surface area contributed by atoms with Crippen molar-refractivity contribution >= 4 is 25.7 Å². The van der Waals surface area contributed by atoms with Crippen LogP contribution in [0.4, 0.5) is 0 Å². The van der Waals surface area contributed by atoms with E-state index in [-0.39, 0.29) is 11.3 Å². The van der Waals surface area contributed by atoms with Gasteiger partial charge in [0.2, 0.25) is 0 Å². The van der Waals surface area contributed by atoms with Gasteiger partial charge >= 0.3 is 5.97 Å². The van der Waals surface area contributed by atoms with Crippen LogP contribution in [0.15, 0.2) is 4.90 Å². The Kier molecular flexibility index (Phi) is 6.67. The summed E-state index contributed by atoms with van der Waals surface area (Å²) in [7, 11) is 1.71. The molecule has 0 fully saturated rings. The van der Waals surface area contributed by atoms with Crippen LogP contribution in [0.25, 0.3) is 0 Å². The van der Waals surface area contributed by atoms with Crippen molar-refractivity contribution in [3.05, 3.63) is 11.4 Å². The number of unbranched alkanes of at least 4 members (excludes halogenated alkanes) is 2. The maximum absolute atomic E-state index is 11.7. The summed E-state index contributed by atoms with van der Waals surface area (Å²) in [6.07, 6.45) is 3.32. The second-order valence-corrected chi connectivity index (χ2v) is 7.30. The minimum absolute atomic E-state index is 0.139. The van der Waals surface area contributed by atoms with Gasteiger partial charge in [-0.3, -0.25) is 9.48 Å². The molecule has 0 atom stereocenters. The Morgan fingerprint density at radius 3 is 2.38 bits per heavy atom. The molecule has 0 unspecified atom stereocenters. The van der Waals surface area contributed by atoms with Gasteiger partial charge in [-0.15, -0.1) is 0 Å². The number of carboxylic acid groups (broad SMARTS) is 1. The maximum Gasteiger partial charge on any atom is 0.303 e. The quantitative estimate of drug-likeness (QED) is 0.553. The van der Waals surface area contributed by atoms with E-state index in [2.05, 4.69) is 5.10 Å². The highest BCUT2D eigenvalue weighted by molar-refractivity contribution is 8.13. The van der Waals surface area contributed by atoms with E-state index in [1.807, 2.05) is 13.8 Å². The van der Waals surface area contributed by atoms with Gasteiger partial charge in [0.25, 0.3) is 9.05 Å². The molecule has 0 spiro atoms. The van der Waals surface area contributed by atoms with Crippen molar-refractivity contribution in [1.29, 1.82) is 0 Å². The third kappa shape index (κ3) is 5.00. The Balaban J connectivity index is 2.84. The molecule has 0 bridgehead atoms. The molecular formula is C13H21ClN2O4S. The molecule has 0 aliphatic carbocycles. The fourth-order valence-corrected chi connectivity index (χ4v) is 3.82. The molecule has 1 rings (SSSR count). The van der Waals surface area contributed by atoms with E-state index in [1.54, 1.807) is 4.68 Å². The second kappa shape index (κ2) is 7.79. The van der Waals surface area contributed by atoms with Crippen molar-refractivity contribution < 1.29 is 18.3 Å². The molecule has 1 heterocycles. The molecule has 0 amide bonds. The van der Waals surface area contributed by atoms with E-state index >= 15 is 0 Å². The molecule has 6 nitrogen and oxygen atoms in total. The number of aliphatic carboxylic acids is 1. The number of hydrogen-bond acceptors (Lipinski definition) is 4. The molecule has 0 aliphatic rings. The average molecular weight is 337 g/mol. The summed E-state index contributed by atoms with van der Waals surface area (Å²) in [6, 6.07) is 0. The van der Waals surface area contributed by atoms with Crippen LogP contribution < -0.4 is 0 Å². The number of aromatic nitrogens is 2. The van der Waals surface area contributed by atoms with Crippen LogP contribution in [0.2, 0.25) is 0 Å². The molecule has 0 aliphatic heterocycles. The Bertz CT molecular complexity index is 596. The fraction of sp³-hybridized carbons (Fsp3) is 0.692. The molecule has 0 radical (unpaired) electrons. The Morgan fingerprint density at radius 1 is 1.24 bits per heavy atom. The van der Waals surface area contributed by atoms with E-state index < -0.39 is 15.0 Å². The third-order valence-corrected chi connectivity index (χ3v) is 4.67. The van der Waals surface area contributed by atoms with Crippen LogP contribution in [-0.2, 0) is 33.2 Å². The summed E-state index contributed by atoms with van der Waals surface area (Å²) in [5.74, 6) is -0.799. The first-order valence-electron chi connectivity index (χ1n) is 7.06. The van der Waals surface area contributed by atoms with Gasteiger partial charge in [-0.25, -0.2) is 8.42 Å². The summed E-state index contributed by atoms with van der Waals surface area (Å²) >= 11 is 0. The van der Waals surface area contributed by atoms with Gasteiger partial charge in [0.1, 0.15) is 4.90 Å². The summed E-state index contributed by atoms with van der Waals surface area (Å²) in [5, 5.41) is 12.9. The zero-order valence-corrected chi connectivity index (χ0v) is 13.9. The van der Waals surface area contributed by atoms with E-state index in [4.69, 9.17) is 15.8 Å². The number of nitrogens with zero attached hydrogens (tertiary/aromatic N) is 2. The highest BCUT2D eigenvalue weighted by Crippen LogP contribution is 2.25. The van der Waals surface area contributed by atoms with Gasteiger partial charge in [-0.1, -0.05) is 20.3 Å². The van der Waals surface area contributed by atoms with Gasteiger partial charge in [0.05, 0.1) is 11.4 Å². The maximum atomic E-state index is 11.7. The Labute approximate surface area is 129 Å². The van der Waals surface area contributed by atoms with E-state index in [0.29, 0.717) is 37.2 Å². The predicted molar refractivity (Wildman–Crippen MR) is 80.1 cm³/mol. The van der Waals surface area contributed by atoms with Crippen molar-refractivity contribution in [3.8, 4) is 0 Å². The number of rotatable bonds is 9. The third-order valence-electron chi connectivity index (χ3n) is 3.25. The lowest BCUT2D eigenvalue weighted by Crippen LogP contribution is -2.06. The Hall–Kier alpha value is -1.08. The Morgan fingerprint density at radius 2 is 1.90 bits per heavy atom. The SMILES string of the molecule is CCc1nn(CCCCCC(=O)O)c(CC)c1S(=O)(=O)Cl. The number of carbonyl (C=O) groups is 1. The first kappa shape index (κ1) is 18.0. The lowest BCUT2D eigenvalue weighted by Gasteiger charge is -2.06. The molecule has 120 valence electrons. The average Bonchev–Trinajstić information content (AvgIpc) is 2.75. The topological polar surface area (TPSA) is 89.3 Å². The lowest BCUT2D eigenvalue weighted by molar-refractivity contribution is -0.137. The molecule has 21 heavy (non-hydrogen) atoms. The molecule has 1 N–H and O–H groups in total. The van der Waals surface area contributed by atoms with Crippen LogP contribution in [0.5, 0.6) is 0 Å². The van der Waals surface area contributed by atoms with Crippen molar-refractivity contribution in [2.45, 2.75) is 63.8 Å². The van der Waals surface area contributed by atoms with Gasteiger partial charge in [0, 0.05) is 23.6 Å². The predicted octanol–water partition coefficient (Wildman–Crippen LogP) is 2.58. The molecule has 1 aromatic heterocycles. The number of carboxylic acids is 1. The van der Waals surface area contributed by atoms with Gasteiger partial charge in [0.15, 0.2) is 0 Å². The van der Waals surface area contributed by atoms with Crippen LogP contribution in [0.3, 0.4) is 0 Å². The van der Waals surface area contributed by atoms with Crippen molar-refractivity contribution in [3.63, 3.8) is 0 Å². The molecule has 8 heteroatoms. The summed E-state index contributed by atoms with van der Waals surface area (Å²) < 4.78 is 25.1. The van der Waals surface area contributed by atoms with Crippen LogP contribution in [0, 0.1) is 0 Å². The van der Waals surface area contributed by atoms with Crippen molar-refractivity contribution in [2.75, 3.05) is 0 Å². The number of hydrogen-bond donors (Lipinski definition) is 1. The zero-order chi connectivity index (χ0) is 16.0. The van der Waals surface area contributed by atoms with Gasteiger partial charge < -0.3 is 5.11 Å². The number of aryl methyl sites for hydroxylation is 2. The fourth-order valence-electron chi connectivity index (χ4n) is 2.29. The van der Waals surface area contributed by atoms with E-state index in [9.17, 15) is 13.2 Å². The summed E-state index contributed by atoms with van der Waals surface area (Å²) in [6.45, 7) is 4.27. The first-order chi connectivity index (χ1) is 9.81. The highest BCUT2D eigenvalue weighted by Gasteiger charge is 2.25. The second-order valence-electron chi connectivity index (χ2n) is 4.80. The molecule has 0 saturated carbocycles. The van der Waals surface area contributed by atoms with Gasteiger partial charge in [-0.2, -0.15) is 5.10 Å². The van der Waals surface area contributed by atoms with Crippen LogP contribution >= 0.6 is 10.7 Å². The molecular weight excluding hydrogens is 316 g/mol. The summed E-state index contributed by atoms with van der Waals surface area (Å²) in [4.78, 5) is 10.6. The largest absolute Gasteiger partial charge is 0.481 e. The minimum Gasteiger partial charge on any atom is -0.481 e. The molecule has 1 aromatic rings. The van der Waals surface area contributed by atoms with Crippen molar-refractivity contribution in [2.24, 2.45) is 0 Å². The van der Waals surface area contributed by atoms with E-state index in [0.717, 1.165) is 12.8 Å². The minimum atomic E-state index is -3.80. The normalized spacial score (nSPS) is 11.8. The number of halogens is 1.